The SMILES string of the molecule is Cc1cc(Nc2ccc(F)cn2)cc([C@@H]2CCN(C(=O)c3n[nH]c4c3CCCCC4)C2)n1. The molecule has 2 N–H and O–H groups in total. The van der Waals surface area contributed by atoms with Crippen LogP contribution in [0.1, 0.15) is 64.7 Å². The average Bonchev–Trinajstić information content (AvgIpc) is 3.37. The minimum atomic E-state index is -0.369. The highest BCUT2D eigenvalue weighted by Gasteiger charge is 2.32. The first-order valence-corrected chi connectivity index (χ1v) is 11.3. The van der Waals surface area contributed by atoms with Crippen molar-refractivity contribution >= 4 is 17.4 Å². The molecule has 1 saturated heterocycles. The first kappa shape index (κ1) is 20.6. The van der Waals surface area contributed by atoms with Gasteiger partial charge < -0.3 is 10.2 Å². The summed E-state index contributed by atoms with van der Waals surface area (Å²) in [6.07, 6.45) is 7.42. The van der Waals surface area contributed by atoms with E-state index in [2.05, 4.69) is 20.5 Å². The lowest BCUT2D eigenvalue weighted by Gasteiger charge is -2.17. The molecule has 3 aromatic heterocycles. The smallest absolute Gasteiger partial charge is 0.274 e. The Kier molecular flexibility index (Phi) is 5.59. The van der Waals surface area contributed by atoms with Gasteiger partial charge >= 0.3 is 0 Å². The number of pyridine rings is 2. The van der Waals surface area contributed by atoms with Gasteiger partial charge in [0.05, 0.1) is 6.20 Å². The Bertz CT molecular complexity index is 1130. The molecule has 2 aliphatic rings. The fraction of sp³-hybridized carbons (Fsp3) is 0.417. The van der Waals surface area contributed by atoms with Gasteiger partial charge in [-0.15, -0.1) is 0 Å². The van der Waals surface area contributed by atoms with Gasteiger partial charge in [0.1, 0.15) is 11.6 Å². The number of H-pyrrole nitrogens is 1. The van der Waals surface area contributed by atoms with E-state index in [-0.39, 0.29) is 17.6 Å². The normalized spacial score (nSPS) is 18.3. The molecule has 0 aromatic carbocycles. The number of nitrogens with zero attached hydrogens (tertiary/aromatic N) is 4. The van der Waals surface area contributed by atoms with E-state index < -0.39 is 0 Å². The third-order valence-corrected chi connectivity index (χ3v) is 6.38. The molecule has 8 heteroatoms. The summed E-state index contributed by atoms with van der Waals surface area (Å²) in [6, 6.07) is 6.91. The van der Waals surface area contributed by atoms with E-state index in [0.717, 1.165) is 60.4 Å². The van der Waals surface area contributed by atoms with Crippen molar-refractivity contribution in [1.29, 1.82) is 0 Å². The zero-order valence-electron chi connectivity index (χ0n) is 18.2. The second-order valence-electron chi connectivity index (χ2n) is 8.74. The average molecular weight is 435 g/mol. The number of hydrogen-bond donors (Lipinski definition) is 2. The van der Waals surface area contributed by atoms with E-state index in [1.54, 1.807) is 6.07 Å². The summed E-state index contributed by atoms with van der Waals surface area (Å²) in [5.41, 5.74) is 5.54. The molecule has 1 atom stereocenters. The van der Waals surface area contributed by atoms with Crippen molar-refractivity contribution in [1.82, 2.24) is 25.1 Å². The number of likely N-dealkylation sites (tertiary alicyclic amines) is 1. The summed E-state index contributed by atoms with van der Waals surface area (Å²) in [6.45, 7) is 3.28. The number of carbonyl (C=O) groups is 1. The number of nitrogens with one attached hydrogen (secondary N) is 2. The second kappa shape index (κ2) is 8.68. The lowest BCUT2D eigenvalue weighted by atomic mass is 10.0. The first-order chi connectivity index (χ1) is 15.6. The Labute approximate surface area is 186 Å². The van der Waals surface area contributed by atoms with Gasteiger partial charge in [-0.05, 0) is 63.3 Å². The van der Waals surface area contributed by atoms with E-state index in [1.165, 1.54) is 18.7 Å². The number of amides is 1. The number of carbonyl (C=O) groups excluding carboxylic acids is 1. The summed E-state index contributed by atoms with van der Waals surface area (Å²) < 4.78 is 13.1. The first-order valence-electron chi connectivity index (χ1n) is 11.3. The van der Waals surface area contributed by atoms with Crippen molar-refractivity contribution in [2.75, 3.05) is 18.4 Å². The Balaban J connectivity index is 1.31. The quantitative estimate of drug-likeness (QED) is 0.598. The molecule has 1 aliphatic heterocycles. The van der Waals surface area contributed by atoms with Gasteiger partial charge in [0, 0.05) is 47.3 Å². The number of aryl methyl sites for hydroxylation is 2. The predicted octanol–water partition coefficient (Wildman–Crippen LogP) is 4.29. The van der Waals surface area contributed by atoms with Gasteiger partial charge in [-0.1, -0.05) is 6.42 Å². The largest absolute Gasteiger partial charge is 0.340 e. The molecule has 1 aliphatic carbocycles. The predicted molar refractivity (Wildman–Crippen MR) is 120 cm³/mol. The molecule has 4 heterocycles. The number of halogens is 1. The summed E-state index contributed by atoms with van der Waals surface area (Å²) in [7, 11) is 0. The topological polar surface area (TPSA) is 86.8 Å². The van der Waals surface area contributed by atoms with Crippen LogP contribution in [0, 0.1) is 12.7 Å². The summed E-state index contributed by atoms with van der Waals surface area (Å²) in [5.74, 6) is 0.392. The molecule has 5 rings (SSSR count). The van der Waals surface area contributed by atoms with Crippen molar-refractivity contribution < 1.29 is 9.18 Å². The number of aromatic amines is 1. The van der Waals surface area contributed by atoms with Gasteiger partial charge in [0.15, 0.2) is 5.69 Å². The molecular weight excluding hydrogens is 407 g/mol. The van der Waals surface area contributed by atoms with Crippen LogP contribution in [0.25, 0.3) is 0 Å². The molecule has 0 saturated carbocycles. The van der Waals surface area contributed by atoms with E-state index >= 15 is 0 Å². The number of rotatable bonds is 4. The zero-order chi connectivity index (χ0) is 22.1. The van der Waals surface area contributed by atoms with Gasteiger partial charge in [-0.2, -0.15) is 5.10 Å². The molecule has 0 spiro atoms. The van der Waals surface area contributed by atoms with Crippen molar-refractivity contribution in [3.8, 4) is 0 Å². The Morgan fingerprint density at radius 1 is 1.22 bits per heavy atom. The van der Waals surface area contributed by atoms with E-state index in [4.69, 9.17) is 4.98 Å². The number of hydrogen-bond acceptors (Lipinski definition) is 5. The summed E-state index contributed by atoms with van der Waals surface area (Å²) in [4.78, 5) is 23.9. The third-order valence-electron chi connectivity index (χ3n) is 6.38. The number of fused-ring (bicyclic) bond motifs is 1. The maximum Gasteiger partial charge on any atom is 0.274 e. The van der Waals surface area contributed by atoms with Gasteiger partial charge in [-0.3, -0.25) is 14.9 Å². The summed E-state index contributed by atoms with van der Waals surface area (Å²) in [5, 5.41) is 10.7. The second-order valence-corrected chi connectivity index (χ2v) is 8.74. The monoisotopic (exact) mass is 434 g/mol. The van der Waals surface area contributed by atoms with E-state index in [1.807, 2.05) is 24.0 Å². The van der Waals surface area contributed by atoms with Crippen molar-refractivity contribution in [2.24, 2.45) is 0 Å². The Hall–Kier alpha value is -3.29. The van der Waals surface area contributed by atoms with Gasteiger partial charge in [0.2, 0.25) is 0 Å². The third kappa shape index (κ3) is 4.22. The Morgan fingerprint density at radius 2 is 2.09 bits per heavy atom. The van der Waals surface area contributed by atoms with Gasteiger partial charge in [0.25, 0.3) is 5.91 Å². The van der Waals surface area contributed by atoms with Crippen LogP contribution in [-0.4, -0.2) is 44.1 Å². The van der Waals surface area contributed by atoms with Crippen LogP contribution in [0.2, 0.25) is 0 Å². The maximum absolute atomic E-state index is 13.2. The van der Waals surface area contributed by atoms with Crippen LogP contribution in [-0.2, 0) is 12.8 Å². The van der Waals surface area contributed by atoms with E-state index in [0.29, 0.717) is 24.6 Å². The fourth-order valence-corrected chi connectivity index (χ4v) is 4.74. The van der Waals surface area contributed by atoms with Gasteiger partial charge in [-0.25, -0.2) is 9.37 Å². The highest BCUT2D eigenvalue weighted by Crippen LogP contribution is 2.31. The van der Waals surface area contributed by atoms with Crippen LogP contribution >= 0.6 is 0 Å². The lowest BCUT2D eigenvalue weighted by Crippen LogP contribution is -2.29. The zero-order valence-corrected chi connectivity index (χ0v) is 18.2. The highest BCUT2D eigenvalue weighted by molar-refractivity contribution is 5.94. The van der Waals surface area contributed by atoms with Crippen LogP contribution in [0.3, 0.4) is 0 Å². The molecule has 0 radical (unpaired) electrons. The van der Waals surface area contributed by atoms with Crippen molar-refractivity contribution in [3.63, 3.8) is 0 Å². The minimum Gasteiger partial charge on any atom is -0.340 e. The van der Waals surface area contributed by atoms with Crippen molar-refractivity contribution in [2.45, 2.75) is 51.4 Å². The van der Waals surface area contributed by atoms with Crippen molar-refractivity contribution in [3.05, 3.63) is 64.6 Å². The standard InChI is InChI=1S/C24H27FN6O/c1-15-11-18(28-22-8-7-17(25)13-26-22)12-21(27-15)16-9-10-31(14-16)24(32)23-19-5-3-2-4-6-20(19)29-30-23/h7-8,11-13,16H,2-6,9-10,14H2,1H3,(H,29,30)(H,26,27,28)/t16-/m1/s1. The molecule has 0 unspecified atom stereocenters. The van der Waals surface area contributed by atoms with Crippen LogP contribution < -0.4 is 5.32 Å². The van der Waals surface area contributed by atoms with E-state index in [9.17, 15) is 9.18 Å². The molecule has 166 valence electrons. The fourth-order valence-electron chi connectivity index (χ4n) is 4.74. The number of aromatic nitrogens is 4. The maximum atomic E-state index is 13.2. The lowest BCUT2D eigenvalue weighted by molar-refractivity contribution is 0.0783. The van der Waals surface area contributed by atoms with Crippen LogP contribution in [0.15, 0.2) is 30.5 Å². The molecular formula is C24H27FN6O. The van der Waals surface area contributed by atoms with Crippen LogP contribution in [0.5, 0.6) is 0 Å². The molecule has 7 nitrogen and oxygen atoms in total. The molecule has 3 aromatic rings. The molecule has 32 heavy (non-hydrogen) atoms. The summed E-state index contributed by atoms with van der Waals surface area (Å²) >= 11 is 0. The van der Waals surface area contributed by atoms with Crippen LogP contribution in [0.4, 0.5) is 15.9 Å². The highest BCUT2D eigenvalue weighted by atomic mass is 19.1. The minimum absolute atomic E-state index is 0.0217. The Morgan fingerprint density at radius 3 is 2.94 bits per heavy atom. The molecule has 1 amide bonds. The molecule has 1 fully saturated rings. The number of anilines is 2. The molecule has 0 bridgehead atoms.